The van der Waals surface area contributed by atoms with E-state index >= 15 is 0 Å². The van der Waals surface area contributed by atoms with E-state index in [1.807, 2.05) is 6.07 Å². The Hall–Kier alpha value is -4.91. The van der Waals surface area contributed by atoms with Crippen molar-refractivity contribution in [3.63, 3.8) is 0 Å². The van der Waals surface area contributed by atoms with E-state index in [0.717, 1.165) is 0 Å². The maximum atomic E-state index is 13.5. The lowest BCUT2D eigenvalue weighted by atomic mass is 10.0. The zero-order valence-corrected chi connectivity index (χ0v) is 18.9. The number of rotatable bonds is 6. The second-order valence-corrected chi connectivity index (χ2v) is 8.05. The van der Waals surface area contributed by atoms with Gasteiger partial charge in [0.1, 0.15) is 17.3 Å². The predicted octanol–water partition coefficient (Wildman–Crippen LogP) is 6.30. The predicted molar refractivity (Wildman–Crippen MR) is 133 cm³/mol. The highest BCUT2D eigenvalue weighted by Gasteiger charge is 2.20. The van der Waals surface area contributed by atoms with E-state index in [0.29, 0.717) is 33.8 Å². The van der Waals surface area contributed by atoms with Gasteiger partial charge in [-0.1, -0.05) is 42.5 Å². The lowest BCUT2D eigenvalue weighted by Gasteiger charge is -2.08. The Labute approximate surface area is 205 Å². The fraction of sp³-hybridized carbons (Fsp3) is 0. The molecule has 1 aromatic heterocycles. The summed E-state index contributed by atoms with van der Waals surface area (Å²) in [6, 6.07) is 26.8. The monoisotopic (exact) mass is 479 g/mol. The van der Waals surface area contributed by atoms with Crippen molar-refractivity contribution in [1.29, 1.82) is 0 Å². The lowest BCUT2D eigenvalue weighted by molar-refractivity contribution is 0.102. The fourth-order valence-corrected chi connectivity index (χ4v) is 3.78. The number of hydrogen-bond donors (Lipinski definition) is 1. The molecule has 0 saturated heterocycles. The molecule has 1 amide bonds. The second kappa shape index (κ2) is 9.76. The van der Waals surface area contributed by atoms with E-state index in [9.17, 15) is 18.4 Å². The molecule has 0 atom stereocenters. The first-order valence-electron chi connectivity index (χ1n) is 11.1. The normalized spacial score (nSPS) is 10.7. The molecule has 5 nitrogen and oxygen atoms in total. The van der Waals surface area contributed by atoms with Gasteiger partial charge < -0.3 is 5.32 Å². The van der Waals surface area contributed by atoms with Gasteiger partial charge in [0.2, 0.25) is 0 Å². The Bertz CT molecular complexity index is 1540. The number of ketones is 1. The average Bonchev–Trinajstić information content (AvgIpc) is 3.35. The van der Waals surface area contributed by atoms with Crippen molar-refractivity contribution in [2.24, 2.45) is 0 Å². The van der Waals surface area contributed by atoms with Crippen molar-refractivity contribution in [3.05, 3.63) is 138 Å². The van der Waals surface area contributed by atoms with E-state index in [4.69, 9.17) is 0 Å². The molecule has 1 N–H and O–H groups in total. The Balaban J connectivity index is 1.48. The molecule has 5 rings (SSSR count). The average molecular weight is 479 g/mol. The first-order chi connectivity index (χ1) is 17.5. The van der Waals surface area contributed by atoms with Gasteiger partial charge in [0.15, 0.2) is 5.78 Å². The lowest BCUT2D eigenvalue weighted by Crippen LogP contribution is -2.13. The van der Waals surface area contributed by atoms with Crippen molar-refractivity contribution in [2.75, 3.05) is 5.32 Å². The molecule has 1 heterocycles. The molecule has 7 heteroatoms. The largest absolute Gasteiger partial charge is 0.322 e. The highest BCUT2D eigenvalue weighted by Crippen LogP contribution is 2.26. The smallest absolute Gasteiger partial charge is 0.259 e. The van der Waals surface area contributed by atoms with Crippen LogP contribution in [0.4, 0.5) is 14.5 Å². The highest BCUT2D eigenvalue weighted by molar-refractivity contribution is 6.11. The Morgan fingerprint density at radius 1 is 0.722 bits per heavy atom. The third-order valence-electron chi connectivity index (χ3n) is 5.59. The molecular weight excluding hydrogens is 460 g/mol. The maximum absolute atomic E-state index is 13.5. The summed E-state index contributed by atoms with van der Waals surface area (Å²) in [5, 5.41) is 7.34. The zero-order chi connectivity index (χ0) is 25.1. The molecule has 0 unspecified atom stereocenters. The summed E-state index contributed by atoms with van der Waals surface area (Å²) >= 11 is 0. The molecule has 0 aliphatic heterocycles. The summed E-state index contributed by atoms with van der Waals surface area (Å²) in [6.45, 7) is 0. The molecule has 0 saturated carbocycles. The molecule has 0 spiro atoms. The van der Waals surface area contributed by atoms with Crippen molar-refractivity contribution >= 4 is 17.4 Å². The molecule has 0 aliphatic rings. The summed E-state index contributed by atoms with van der Waals surface area (Å²) in [5.74, 6) is -1.44. The second-order valence-electron chi connectivity index (χ2n) is 8.05. The van der Waals surface area contributed by atoms with Crippen LogP contribution in [0.2, 0.25) is 0 Å². The number of anilines is 1. The van der Waals surface area contributed by atoms with Gasteiger partial charge in [-0.25, -0.2) is 13.5 Å². The summed E-state index contributed by atoms with van der Waals surface area (Å²) < 4.78 is 28.4. The van der Waals surface area contributed by atoms with E-state index in [1.54, 1.807) is 48.5 Å². The minimum absolute atomic E-state index is 0.164. The summed E-state index contributed by atoms with van der Waals surface area (Å²) in [7, 11) is 0. The van der Waals surface area contributed by atoms with Crippen molar-refractivity contribution in [1.82, 2.24) is 9.78 Å². The molecule has 0 aliphatic carbocycles. The number of nitrogens with one attached hydrogen (secondary N) is 1. The number of halogens is 2. The SMILES string of the molecule is O=C(c1ccccc1)c1cccc(NC(=O)c2cn(-c3ccc(F)cc3)nc2-c2ccc(F)cc2)c1. The van der Waals surface area contributed by atoms with Crippen LogP contribution in [-0.2, 0) is 0 Å². The Kier molecular flexibility index (Phi) is 6.19. The maximum Gasteiger partial charge on any atom is 0.259 e. The van der Waals surface area contributed by atoms with E-state index in [-0.39, 0.29) is 11.3 Å². The van der Waals surface area contributed by atoms with Gasteiger partial charge in [-0.3, -0.25) is 9.59 Å². The number of carbonyl (C=O) groups excluding carboxylic acids is 2. The quantitative estimate of drug-likeness (QED) is 0.291. The first-order valence-corrected chi connectivity index (χ1v) is 11.1. The van der Waals surface area contributed by atoms with Crippen LogP contribution in [-0.4, -0.2) is 21.5 Å². The molecule has 0 fully saturated rings. The standard InChI is InChI=1S/C29H19F2N3O2/c30-22-11-9-19(10-12-22)27-26(18-34(33-27)25-15-13-23(31)14-16-25)29(36)32-24-8-4-7-21(17-24)28(35)20-5-2-1-3-6-20/h1-18H,(H,32,36). The Morgan fingerprint density at radius 3 is 2.06 bits per heavy atom. The summed E-state index contributed by atoms with van der Waals surface area (Å²) in [4.78, 5) is 26.2. The number of hydrogen-bond acceptors (Lipinski definition) is 3. The van der Waals surface area contributed by atoms with Crippen LogP contribution in [0.5, 0.6) is 0 Å². The van der Waals surface area contributed by atoms with Crippen molar-refractivity contribution < 1.29 is 18.4 Å². The fourth-order valence-electron chi connectivity index (χ4n) is 3.78. The van der Waals surface area contributed by atoms with Gasteiger partial charge in [0, 0.05) is 28.6 Å². The summed E-state index contributed by atoms with van der Waals surface area (Å²) in [5.41, 5.74) is 3.05. The number of amides is 1. The van der Waals surface area contributed by atoms with Gasteiger partial charge in [0.05, 0.1) is 11.3 Å². The van der Waals surface area contributed by atoms with Gasteiger partial charge in [-0.2, -0.15) is 5.10 Å². The van der Waals surface area contributed by atoms with E-state index < -0.39 is 17.5 Å². The Morgan fingerprint density at radius 2 is 1.36 bits per heavy atom. The zero-order valence-electron chi connectivity index (χ0n) is 18.9. The van der Waals surface area contributed by atoms with Gasteiger partial charge in [-0.15, -0.1) is 0 Å². The van der Waals surface area contributed by atoms with Crippen LogP contribution >= 0.6 is 0 Å². The summed E-state index contributed by atoms with van der Waals surface area (Å²) in [6.07, 6.45) is 1.53. The minimum Gasteiger partial charge on any atom is -0.322 e. The van der Waals surface area contributed by atoms with Crippen LogP contribution in [0.3, 0.4) is 0 Å². The minimum atomic E-state index is -0.466. The third kappa shape index (κ3) is 4.81. The van der Waals surface area contributed by atoms with Gasteiger partial charge in [-0.05, 0) is 60.7 Å². The molecule has 5 aromatic rings. The van der Waals surface area contributed by atoms with Gasteiger partial charge in [0.25, 0.3) is 5.91 Å². The first kappa shape index (κ1) is 22.9. The van der Waals surface area contributed by atoms with Crippen LogP contribution in [0.25, 0.3) is 16.9 Å². The van der Waals surface area contributed by atoms with Gasteiger partial charge >= 0.3 is 0 Å². The number of aromatic nitrogens is 2. The molecule has 176 valence electrons. The topological polar surface area (TPSA) is 64.0 Å². The van der Waals surface area contributed by atoms with Crippen LogP contribution in [0.15, 0.2) is 109 Å². The van der Waals surface area contributed by atoms with Crippen LogP contribution in [0, 0.1) is 11.6 Å². The van der Waals surface area contributed by atoms with Crippen molar-refractivity contribution in [2.45, 2.75) is 0 Å². The van der Waals surface area contributed by atoms with Crippen LogP contribution < -0.4 is 5.32 Å². The van der Waals surface area contributed by atoms with Crippen LogP contribution in [0.1, 0.15) is 26.3 Å². The number of nitrogens with zero attached hydrogens (tertiary/aromatic N) is 2. The molecular formula is C29H19F2N3O2. The van der Waals surface area contributed by atoms with Crippen molar-refractivity contribution in [3.8, 4) is 16.9 Å². The third-order valence-corrected chi connectivity index (χ3v) is 5.59. The molecule has 4 aromatic carbocycles. The molecule has 0 radical (unpaired) electrons. The van der Waals surface area contributed by atoms with E-state index in [2.05, 4.69) is 10.4 Å². The number of benzene rings is 4. The number of carbonyl (C=O) groups is 2. The van der Waals surface area contributed by atoms with E-state index in [1.165, 1.54) is 59.4 Å². The molecule has 0 bridgehead atoms. The highest BCUT2D eigenvalue weighted by atomic mass is 19.1. The molecule has 36 heavy (non-hydrogen) atoms.